The van der Waals surface area contributed by atoms with Crippen LogP contribution in [0.1, 0.15) is 31.2 Å². The summed E-state index contributed by atoms with van der Waals surface area (Å²) in [6.07, 6.45) is -2.41. The highest BCUT2D eigenvalue weighted by Crippen LogP contribution is 2.23. The number of likely N-dealkylation sites (tertiary alicyclic amines) is 1. The number of alkyl halides is 3. The molecule has 9 heteroatoms. The maximum atomic E-state index is 12.5. The first-order valence-corrected chi connectivity index (χ1v) is 9.68. The van der Waals surface area contributed by atoms with E-state index in [-0.39, 0.29) is 29.9 Å². The fourth-order valence-corrected chi connectivity index (χ4v) is 3.44. The normalized spacial score (nSPS) is 18.8. The fourth-order valence-electron chi connectivity index (χ4n) is 3.44. The highest BCUT2D eigenvalue weighted by molar-refractivity contribution is 14.0. The molecule has 1 saturated heterocycles. The number of benzene rings is 1. The van der Waals surface area contributed by atoms with Crippen molar-refractivity contribution in [2.75, 3.05) is 46.9 Å². The molecule has 166 valence electrons. The first kappa shape index (κ1) is 25.8. The van der Waals surface area contributed by atoms with Crippen LogP contribution in [0.5, 0.6) is 5.75 Å². The van der Waals surface area contributed by atoms with Crippen molar-refractivity contribution in [1.29, 1.82) is 0 Å². The molecule has 0 aliphatic carbocycles. The molecule has 1 aliphatic heterocycles. The van der Waals surface area contributed by atoms with E-state index >= 15 is 0 Å². The average Bonchev–Trinajstić information content (AvgIpc) is 3.09. The van der Waals surface area contributed by atoms with E-state index in [9.17, 15) is 13.2 Å². The molecule has 1 heterocycles. The molecule has 1 aliphatic rings. The van der Waals surface area contributed by atoms with E-state index < -0.39 is 12.7 Å². The molecule has 0 amide bonds. The van der Waals surface area contributed by atoms with Crippen LogP contribution in [0.3, 0.4) is 0 Å². The highest BCUT2D eigenvalue weighted by atomic mass is 127. The molecule has 5 nitrogen and oxygen atoms in total. The summed E-state index contributed by atoms with van der Waals surface area (Å²) in [4.78, 5) is 5.68. The molecule has 0 aromatic heterocycles. The molecule has 2 unspecified atom stereocenters. The van der Waals surface area contributed by atoms with Crippen LogP contribution in [0.4, 0.5) is 13.2 Å². The smallest absolute Gasteiger partial charge is 0.401 e. The zero-order chi connectivity index (χ0) is 20.6. The number of hydrogen-bond acceptors (Lipinski definition) is 3. The average molecular weight is 528 g/mol. The predicted octanol–water partition coefficient (Wildman–Crippen LogP) is 3.86. The summed E-state index contributed by atoms with van der Waals surface area (Å²) in [6, 6.07) is 8.07. The Morgan fingerprint density at radius 1 is 1.28 bits per heavy atom. The zero-order valence-corrected chi connectivity index (χ0v) is 19.6. The van der Waals surface area contributed by atoms with Gasteiger partial charge >= 0.3 is 6.18 Å². The van der Waals surface area contributed by atoms with Crippen molar-refractivity contribution in [3.05, 3.63) is 29.8 Å². The van der Waals surface area contributed by atoms with Gasteiger partial charge in [-0.2, -0.15) is 13.2 Å². The predicted molar refractivity (Wildman–Crippen MR) is 121 cm³/mol. The third kappa shape index (κ3) is 9.41. The number of aliphatic imine (C=N–C) groups is 1. The van der Waals surface area contributed by atoms with Crippen LogP contribution < -0.4 is 15.4 Å². The van der Waals surface area contributed by atoms with Crippen LogP contribution in [-0.4, -0.2) is 63.9 Å². The lowest BCUT2D eigenvalue weighted by Crippen LogP contribution is -2.41. The van der Waals surface area contributed by atoms with Crippen LogP contribution in [0.15, 0.2) is 29.3 Å². The lowest BCUT2D eigenvalue weighted by atomic mass is 9.98. The van der Waals surface area contributed by atoms with Crippen molar-refractivity contribution < 1.29 is 17.9 Å². The summed E-state index contributed by atoms with van der Waals surface area (Å²) in [5, 5.41) is 6.52. The number of guanidine groups is 1. The number of ether oxygens (including phenoxy) is 1. The van der Waals surface area contributed by atoms with E-state index in [4.69, 9.17) is 4.74 Å². The molecular formula is C20H32F3IN4O. The van der Waals surface area contributed by atoms with Crippen LogP contribution in [0, 0.1) is 5.92 Å². The lowest BCUT2D eigenvalue weighted by Gasteiger charge is -2.19. The summed E-state index contributed by atoms with van der Waals surface area (Å²) < 4.78 is 42.6. The van der Waals surface area contributed by atoms with Crippen LogP contribution >= 0.6 is 24.0 Å². The van der Waals surface area contributed by atoms with Crippen molar-refractivity contribution >= 4 is 29.9 Å². The Hall–Kier alpha value is -1.23. The van der Waals surface area contributed by atoms with Gasteiger partial charge in [-0.1, -0.05) is 19.1 Å². The number of hydrogen-bond donors (Lipinski definition) is 2. The lowest BCUT2D eigenvalue weighted by molar-refractivity contribution is -0.143. The largest absolute Gasteiger partial charge is 0.497 e. The molecule has 2 N–H and O–H groups in total. The van der Waals surface area contributed by atoms with Gasteiger partial charge in [0.25, 0.3) is 0 Å². The van der Waals surface area contributed by atoms with Gasteiger partial charge in [0.15, 0.2) is 5.96 Å². The molecule has 0 saturated carbocycles. The van der Waals surface area contributed by atoms with E-state index in [1.54, 1.807) is 14.2 Å². The Balaban J connectivity index is 0.00000420. The summed E-state index contributed by atoms with van der Waals surface area (Å²) in [6.45, 7) is 3.71. The minimum atomic E-state index is -4.12. The van der Waals surface area contributed by atoms with Gasteiger partial charge in [-0.25, -0.2) is 0 Å². The molecule has 1 aromatic rings. The number of rotatable bonds is 8. The number of halogens is 4. The molecule has 0 spiro atoms. The van der Waals surface area contributed by atoms with Crippen LogP contribution in [0.25, 0.3) is 0 Å². The summed E-state index contributed by atoms with van der Waals surface area (Å²) >= 11 is 0. The van der Waals surface area contributed by atoms with Crippen LogP contribution in [-0.2, 0) is 0 Å². The van der Waals surface area contributed by atoms with Gasteiger partial charge in [0, 0.05) is 26.7 Å². The Bertz CT molecular complexity index is 625. The molecule has 1 aromatic carbocycles. The number of methoxy groups -OCH3 is 1. The monoisotopic (exact) mass is 528 g/mol. The van der Waals surface area contributed by atoms with E-state index in [1.165, 1.54) is 10.5 Å². The maximum absolute atomic E-state index is 12.5. The molecule has 2 atom stereocenters. The van der Waals surface area contributed by atoms with Crippen molar-refractivity contribution in [2.45, 2.75) is 31.9 Å². The third-order valence-corrected chi connectivity index (χ3v) is 5.11. The van der Waals surface area contributed by atoms with Gasteiger partial charge in [-0.05, 0) is 48.9 Å². The van der Waals surface area contributed by atoms with Gasteiger partial charge in [0.1, 0.15) is 5.75 Å². The topological polar surface area (TPSA) is 48.9 Å². The zero-order valence-electron chi connectivity index (χ0n) is 17.3. The first-order chi connectivity index (χ1) is 13.3. The summed E-state index contributed by atoms with van der Waals surface area (Å²) in [5.41, 5.74) is 1.25. The van der Waals surface area contributed by atoms with Crippen molar-refractivity contribution in [3.8, 4) is 5.75 Å². The van der Waals surface area contributed by atoms with E-state index in [0.717, 1.165) is 25.1 Å². The van der Waals surface area contributed by atoms with Gasteiger partial charge in [-0.3, -0.25) is 9.89 Å². The second-order valence-electron chi connectivity index (χ2n) is 7.35. The Morgan fingerprint density at radius 2 is 1.97 bits per heavy atom. The van der Waals surface area contributed by atoms with E-state index in [1.807, 2.05) is 12.1 Å². The number of nitrogens with zero attached hydrogens (tertiary/aromatic N) is 2. The Kier molecular flexibility index (Phi) is 11.1. The summed E-state index contributed by atoms with van der Waals surface area (Å²) in [7, 11) is 3.35. The van der Waals surface area contributed by atoms with E-state index in [0.29, 0.717) is 31.5 Å². The maximum Gasteiger partial charge on any atom is 0.401 e. The third-order valence-electron chi connectivity index (χ3n) is 5.11. The van der Waals surface area contributed by atoms with E-state index in [2.05, 4.69) is 34.7 Å². The molecule has 1 fully saturated rings. The Labute approximate surface area is 188 Å². The quantitative estimate of drug-likeness (QED) is 0.306. The van der Waals surface area contributed by atoms with Gasteiger partial charge < -0.3 is 15.4 Å². The molecule has 0 radical (unpaired) electrons. The fraction of sp³-hybridized carbons (Fsp3) is 0.650. The van der Waals surface area contributed by atoms with Crippen LogP contribution in [0.2, 0.25) is 0 Å². The minimum Gasteiger partial charge on any atom is -0.497 e. The number of nitrogens with one attached hydrogen (secondary N) is 2. The minimum absolute atomic E-state index is 0. The van der Waals surface area contributed by atoms with Crippen molar-refractivity contribution in [3.63, 3.8) is 0 Å². The Morgan fingerprint density at radius 3 is 2.55 bits per heavy atom. The second kappa shape index (κ2) is 12.5. The van der Waals surface area contributed by atoms with Crippen molar-refractivity contribution in [1.82, 2.24) is 15.5 Å². The molecule has 0 bridgehead atoms. The molecule has 2 rings (SSSR count). The molecule has 29 heavy (non-hydrogen) atoms. The first-order valence-electron chi connectivity index (χ1n) is 9.68. The SMILES string of the molecule is CN=C(NCCC(C)c1ccc(OC)cc1)NCC1CCN(CC(F)(F)F)C1.I. The highest BCUT2D eigenvalue weighted by Gasteiger charge is 2.34. The van der Waals surface area contributed by atoms with Crippen molar-refractivity contribution in [2.24, 2.45) is 10.9 Å². The molecular weight excluding hydrogens is 496 g/mol. The van der Waals surface area contributed by atoms with Gasteiger partial charge in [0.2, 0.25) is 0 Å². The van der Waals surface area contributed by atoms with Gasteiger partial charge in [0.05, 0.1) is 13.7 Å². The summed E-state index contributed by atoms with van der Waals surface area (Å²) in [5.74, 6) is 2.14. The second-order valence-corrected chi connectivity index (χ2v) is 7.35. The standard InChI is InChI=1S/C20H31F3N4O.HI/c1-15(17-4-6-18(28-3)7-5-17)8-10-25-19(24-2)26-12-16-9-11-27(13-16)14-20(21,22)23;/h4-7,15-16H,8-14H2,1-3H3,(H2,24,25,26);1H. The van der Waals surface area contributed by atoms with Gasteiger partial charge in [-0.15, -0.1) is 24.0 Å².